The second-order valence-corrected chi connectivity index (χ2v) is 8.54. The van der Waals surface area contributed by atoms with Gasteiger partial charge in [0.1, 0.15) is 30.1 Å². The van der Waals surface area contributed by atoms with Crippen LogP contribution in [0.2, 0.25) is 0 Å². The summed E-state index contributed by atoms with van der Waals surface area (Å²) in [5.41, 5.74) is 0.278. The molecule has 0 N–H and O–H groups in total. The average Bonchev–Trinajstić information content (AvgIpc) is 2.89. The molecule has 0 saturated carbocycles. The first-order valence-electron chi connectivity index (χ1n) is 11.3. The topological polar surface area (TPSA) is 84.9 Å². The van der Waals surface area contributed by atoms with Crippen LogP contribution < -0.4 is 4.74 Å². The van der Waals surface area contributed by atoms with Crippen molar-refractivity contribution >= 4 is 11.8 Å². The Morgan fingerprint density at radius 2 is 1.83 bits per heavy atom. The van der Waals surface area contributed by atoms with Crippen molar-refractivity contribution in [2.75, 3.05) is 33.4 Å². The summed E-state index contributed by atoms with van der Waals surface area (Å²) in [5, 5.41) is 0. The third-order valence-electron chi connectivity index (χ3n) is 5.82. The van der Waals surface area contributed by atoms with E-state index in [1.165, 1.54) is 43.0 Å². The number of benzene rings is 2. The van der Waals surface area contributed by atoms with Gasteiger partial charge in [-0.25, -0.2) is 14.4 Å². The fourth-order valence-electron chi connectivity index (χ4n) is 3.96. The molecule has 1 unspecified atom stereocenters. The molecule has 1 aliphatic rings. The van der Waals surface area contributed by atoms with Gasteiger partial charge in [-0.05, 0) is 29.8 Å². The van der Waals surface area contributed by atoms with Crippen LogP contribution in [0.1, 0.15) is 22.3 Å². The Bertz CT molecular complexity index is 1130. The molecule has 1 saturated heterocycles. The van der Waals surface area contributed by atoms with Gasteiger partial charge in [-0.15, -0.1) is 0 Å². The minimum absolute atomic E-state index is 0.00655. The van der Waals surface area contributed by atoms with Crippen molar-refractivity contribution in [3.8, 4) is 5.75 Å². The van der Waals surface area contributed by atoms with Crippen molar-refractivity contribution in [2.24, 2.45) is 0 Å². The van der Waals surface area contributed by atoms with Gasteiger partial charge < -0.3 is 19.3 Å². The molecule has 3 aromatic rings. The smallest absolute Gasteiger partial charge is 0.257 e. The number of amides is 2. The lowest BCUT2D eigenvalue weighted by molar-refractivity contribution is -0.152. The molecule has 1 atom stereocenters. The summed E-state index contributed by atoms with van der Waals surface area (Å²) >= 11 is 0. The number of hydrogen-bond donors (Lipinski definition) is 0. The van der Waals surface area contributed by atoms with Crippen molar-refractivity contribution in [2.45, 2.75) is 18.6 Å². The van der Waals surface area contributed by atoms with Gasteiger partial charge in [-0.3, -0.25) is 9.59 Å². The third-order valence-corrected chi connectivity index (χ3v) is 5.82. The third kappa shape index (κ3) is 6.39. The normalized spacial score (nSPS) is 17.6. The van der Waals surface area contributed by atoms with E-state index in [0.29, 0.717) is 24.4 Å². The predicted octanol–water partition coefficient (Wildman–Crippen LogP) is 2.95. The van der Waals surface area contributed by atoms with Gasteiger partial charge in [-0.1, -0.05) is 30.3 Å². The zero-order valence-electron chi connectivity index (χ0n) is 19.5. The minimum atomic E-state index is -1.08. The van der Waals surface area contributed by atoms with Crippen LogP contribution in [0.15, 0.2) is 73.3 Å². The van der Waals surface area contributed by atoms with Crippen LogP contribution >= 0.6 is 0 Å². The number of nitrogens with zero attached hydrogens (tertiary/aromatic N) is 4. The molecule has 1 aliphatic heterocycles. The summed E-state index contributed by atoms with van der Waals surface area (Å²) < 4.78 is 25.4. The van der Waals surface area contributed by atoms with Gasteiger partial charge >= 0.3 is 0 Å². The van der Waals surface area contributed by atoms with E-state index in [1.54, 1.807) is 16.8 Å². The van der Waals surface area contributed by atoms with E-state index < -0.39 is 5.60 Å². The van der Waals surface area contributed by atoms with Gasteiger partial charge in [0.05, 0.1) is 25.1 Å². The molecule has 2 amide bonds. The Labute approximate surface area is 203 Å². The summed E-state index contributed by atoms with van der Waals surface area (Å²) in [4.78, 5) is 37.4. The van der Waals surface area contributed by atoms with Crippen molar-refractivity contribution < 1.29 is 23.5 Å². The Hall–Kier alpha value is -3.85. The van der Waals surface area contributed by atoms with Gasteiger partial charge in [0.15, 0.2) is 0 Å². The first-order chi connectivity index (χ1) is 16.9. The van der Waals surface area contributed by atoms with Crippen molar-refractivity contribution in [3.63, 3.8) is 0 Å². The van der Waals surface area contributed by atoms with Crippen LogP contribution in [-0.4, -0.2) is 70.5 Å². The molecule has 0 aliphatic carbocycles. The van der Waals surface area contributed by atoms with Crippen LogP contribution in [0.4, 0.5) is 4.39 Å². The van der Waals surface area contributed by atoms with Crippen molar-refractivity contribution in [3.05, 3.63) is 90.3 Å². The number of carbonyl (C=O) groups excluding carboxylic acids is 2. The molecule has 1 aromatic heterocycles. The largest absolute Gasteiger partial charge is 0.490 e. The Morgan fingerprint density at radius 3 is 2.54 bits per heavy atom. The highest BCUT2D eigenvalue weighted by molar-refractivity contribution is 5.93. The van der Waals surface area contributed by atoms with Crippen LogP contribution in [0.5, 0.6) is 5.75 Å². The fraction of sp³-hybridized carbons (Fsp3) is 0.308. The molecule has 0 bridgehead atoms. The maximum absolute atomic E-state index is 13.3. The SMILES string of the molecule is CN(Cc1ccccc1)C(=O)CC1(COc2ccc(F)cc2)CN(C(=O)c2cncnc2)CCO1. The molecule has 2 aromatic carbocycles. The van der Waals surface area contributed by atoms with Crippen LogP contribution in [0.3, 0.4) is 0 Å². The predicted molar refractivity (Wildman–Crippen MR) is 126 cm³/mol. The van der Waals surface area contributed by atoms with Crippen molar-refractivity contribution in [1.29, 1.82) is 0 Å². The molecule has 0 radical (unpaired) electrons. The van der Waals surface area contributed by atoms with E-state index >= 15 is 0 Å². The summed E-state index contributed by atoms with van der Waals surface area (Å²) in [6, 6.07) is 15.3. The number of morpholine rings is 1. The molecular weight excluding hydrogens is 451 g/mol. The highest BCUT2D eigenvalue weighted by Gasteiger charge is 2.42. The number of ether oxygens (including phenoxy) is 2. The standard InChI is InChI=1S/C26H27FN4O4/c1-30(16-20-5-3-2-4-6-20)24(32)13-26(18-34-23-9-7-22(27)8-10-23)17-31(11-12-35-26)25(33)21-14-28-19-29-15-21/h2-10,14-15,19H,11-13,16-18H2,1H3. The Balaban J connectivity index is 1.51. The molecule has 0 spiro atoms. The molecule has 2 heterocycles. The van der Waals surface area contributed by atoms with Crippen LogP contribution in [0.25, 0.3) is 0 Å². The number of rotatable bonds is 8. The van der Waals surface area contributed by atoms with E-state index in [4.69, 9.17) is 9.47 Å². The van der Waals surface area contributed by atoms with Gasteiger partial charge in [0, 0.05) is 32.5 Å². The molecule has 9 heteroatoms. The molecular formula is C26H27FN4O4. The number of hydrogen-bond acceptors (Lipinski definition) is 6. The van der Waals surface area contributed by atoms with Gasteiger partial charge in [-0.2, -0.15) is 0 Å². The summed E-state index contributed by atoms with van der Waals surface area (Å²) in [5.74, 6) is -0.320. The molecule has 182 valence electrons. The highest BCUT2D eigenvalue weighted by atomic mass is 19.1. The monoisotopic (exact) mass is 478 g/mol. The van der Waals surface area contributed by atoms with Gasteiger partial charge in [0.25, 0.3) is 5.91 Å². The molecule has 1 fully saturated rings. The maximum atomic E-state index is 13.3. The number of halogens is 1. The summed E-state index contributed by atoms with van der Waals surface area (Å²) in [7, 11) is 1.73. The van der Waals surface area contributed by atoms with E-state index in [-0.39, 0.29) is 43.8 Å². The average molecular weight is 479 g/mol. The van der Waals surface area contributed by atoms with E-state index in [2.05, 4.69) is 9.97 Å². The zero-order chi connectivity index (χ0) is 24.7. The zero-order valence-corrected chi connectivity index (χ0v) is 19.5. The number of carbonyl (C=O) groups is 2. The Kier molecular flexibility index (Phi) is 7.67. The van der Waals surface area contributed by atoms with E-state index in [1.807, 2.05) is 30.3 Å². The second-order valence-electron chi connectivity index (χ2n) is 8.54. The maximum Gasteiger partial charge on any atom is 0.257 e. The second kappa shape index (κ2) is 11.1. The van der Waals surface area contributed by atoms with E-state index in [9.17, 15) is 14.0 Å². The number of aromatic nitrogens is 2. The molecule has 8 nitrogen and oxygen atoms in total. The first-order valence-corrected chi connectivity index (χ1v) is 11.3. The van der Waals surface area contributed by atoms with Gasteiger partial charge in [0.2, 0.25) is 5.91 Å². The quantitative estimate of drug-likeness (QED) is 0.495. The minimum Gasteiger partial charge on any atom is -0.490 e. The highest BCUT2D eigenvalue weighted by Crippen LogP contribution is 2.26. The fourth-order valence-corrected chi connectivity index (χ4v) is 3.96. The van der Waals surface area contributed by atoms with Crippen LogP contribution in [0, 0.1) is 5.82 Å². The first kappa shape index (κ1) is 24.3. The van der Waals surface area contributed by atoms with E-state index in [0.717, 1.165) is 5.56 Å². The van der Waals surface area contributed by atoms with Crippen LogP contribution in [-0.2, 0) is 16.1 Å². The summed E-state index contributed by atoms with van der Waals surface area (Å²) in [6.45, 7) is 1.20. The molecule has 35 heavy (non-hydrogen) atoms. The van der Waals surface area contributed by atoms with Crippen molar-refractivity contribution in [1.82, 2.24) is 19.8 Å². The lowest BCUT2D eigenvalue weighted by atomic mass is 9.96. The Morgan fingerprint density at radius 1 is 1.11 bits per heavy atom. The molecule has 4 rings (SSSR count). The lowest BCUT2D eigenvalue weighted by Crippen LogP contribution is -2.58. The lowest BCUT2D eigenvalue weighted by Gasteiger charge is -2.42. The summed E-state index contributed by atoms with van der Waals surface area (Å²) in [6.07, 6.45) is 4.28.